The first-order valence-electron chi connectivity index (χ1n) is 5.75. The van der Waals surface area contributed by atoms with E-state index in [9.17, 15) is 13.2 Å². The van der Waals surface area contributed by atoms with E-state index in [4.69, 9.17) is 5.11 Å². The molecule has 0 saturated heterocycles. The number of carboxylic acids is 1. The summed E-state index contributed by atoms with van der Waals surface area (Å²) < 4.78 is 26.1. The molecule has 0 amide bonds. The lowest BCUT2D eigenvalue weighted by Gasteiger charge is -2.13. The molecule has 5 nitrogen and oxygen atoms in total. The van der Waals surface area contributed by atoms with Crippen LogP contribution in [-0.2, 0) is 14.8 Å². The number of anilines is 1. The molecular weight excluding hydrogens is 266 g/mol. The van der Waals surface area contributed by atoms with Crippen molar-refractivity contribution in [3.8, 4) is 0 Å². The number of rotatable bonds is 5. The molecule has 104 valence electrons. The molecule has 0 radical (unpaired) electrons. The molecule has 0 aromatic heterocycles. The highest BCUT2D eigenvalue weighted by Crippen LogP contribution is 2.20. The Balaban J connectivity index is 3.08. The first-order chi connectivity index (χ1) is 8.72. The van der Waals surface area contributed by atoms with Gasteiger partial charge in [0, 0.05) is 6.08 Å². The van der Waals surface area contributed by atoms with Crippen molar-refractivity contribution in [3.05, 3.63) is 35.4 Å². The predicted molar refractivity (Wildman–Crippen MR) is 75.5 cm³/mol. The number of carboxylic acid groups (broad SMARTS) is 1. The largest absolute Gasteiger partial charge is 0.478 e. The Morgan fingerprint density at radius 1 is 1.37 bits per heavy atom. The van der Waals surface area contributed by atoms with Crippen molar-refractivity contribution in [2.45, 2.75) is 26.0 Å². The van der Waals surface area contributed by atoms with Crippen molar-refractivity contribution in [2.24, 2.45) is 0 Å². The highest BCUT2D eigenvalue weighted by Gasteiger charge is 2.16. The van der Waals surface area contributed by atoms with Crippen LogP contribution in [0.5, 0.6) is 0 Å². The van der Waals surface area contributed by atoms with Gasteiger partial charge in [0.05, 0.1) is 10.9 Å². The standard InChI is InChI=1S/C13H17NO4S/c1-9(2)19(17,18)14-12-8-11(5-4-10(12)3)6-7-13(15)16/h4-9,14H,1-3H3,(H,15,16)/b7-6+. The first-order valence-corrected chi connectivity index (χ1v) is 7.30. The minimum Gasteiger partial charge on any atom is -0.478 e. The molecule has 0 spiro atoms. The molecule has 0 aliphatic rings. The average Bonchev–Trinajstić information content (AvgIpc) is 2.29. The molecule has 1 aromatic rings. The molecule has 0 atom stereocenters. The summed E-state index contributed by atoms with van der Waals surface area (Å²) in [6, 6.07) is 5.07. The molecule has 2 N–H and O–H groups in total. The highest BCUT2D eigenvalue weighted by molar-refractivity contribution is 7.93. The maximum absolute atomic E-state index is 11.8. The van der Waals surface area contributed by atoms with Gasteiger partial charge in [0.1, 0.15) is 0 Å². The lowest BCUT2D eigenvalue weighted by atomic mass is 10.1. The molecule has 19 heavy (non-hydrogen) atoms. The maximum atomic E-state index is 11.8. The van der Waals surface area contributed by atoms with E-state index in [1.165, 1.54) is 6.08 Å². The summed E-state index contributed by atoms with van der Waals surface area (Å²) in [4.78, 5) is 10.4. The Labute approximate surface area is 113 Å². The van der Waals surface area contributed by atoms with Crippen LogP contribution in [-0.4, -0.2) is 24.7 Å². The normalized spacial score (nSPS) is 12.0. The SMILES string of the molecule is Cc1ccc(/C=C/C(=O)O)cc1NS(=O)(=O)C(C)C. The molecule has 0 bridgehead atoms. The molecule has 0 aliphatic carbocycles. The number of benzene rings is 1. The molecule has 6 heteroatoms. The molecule has 0 fully saturated rings. The van der Waals surface area contributed by atoms with E-state index in [0.29, 0.717) is 11.3 Å². The number of hydrogen-bond acceptors (Lipinski definition) is 3. The molecule has 0 heterocycles. The van der Waals surface area contributed by atoms with Gasteiger partial charge in [-0.25, -0.2) is 13.2 Å². The molecule has 0 unspecified atom stereocenters. The number of carbonyl (C=O) groups is 1. The zero-order chi connectivity index (χ0) is 14.6. The summed E-state index contributed by atoms with van der Waals surface area (Å²) in [5.74, 6) is -1.05. The van der Waals surface area contributed by atoms with E-state index >= 15 is 0 Å². The van der Waals surface area contributed by atoms with Crippen LogP contribution in [0.4, 0.5) is 5.69 Å². The summed E-state index contributed by atoms with van der Waals surface area (Å²) in [6.07, 6.45) is 2.42. The first kappa shape index (κ1) is 15.2. The lowest BCUT2D eigenvalue weighted by molar-refractivity contribution is -0.131. The quantitative estimate of drug-likeness (QED) is 0.812. The van der Waals surface area contributed by atoms with Gasteiger partial charge in [-0.3, -0.25) is 4.72 Å². The minimum absolute atomic E-state index is 0.459. The van der Waals surface area contributed by atoms with E-state index in [1.54, 1.807) is 39.0 Å². The summed E-state index contributed by atoms with van der Waals surface area (Å²) in [5, 5.41) is 8.02. The van der Waals surface area contributed by atoms with Crippen molar-refractivity contribution in [1.29, 1.82) is 0 Å². The van der Waals surface area contributed by atoms with Crippen molar-refractivity contribution in [3.63, 3.8) is 0 Å². The van der Waals surface area contributed by atoms with Gasteiger partial charge < -0.3 is 5.11 Å². The second-order valence-electron chi connectivity index (χ2n) is 4.44. The van der Waals surface area contributed by atoms with E-state index < -0.39 is 21.2 Å². The van der Waals surface area contributed by atoms with Gasteiger partial charge in [0.2, 0.25) is 10.0 Å². The lowest BCUT2D eigenvalue weighted by Crippen LogP contribution is -2.22. The third kappa shape index (κ3) is 4.40. The smallest absolute Gasteiger partial charge is 0.328 e. The molecule has 1 rings (SSSR count). The van der Waals surface area contributed by atoms with E-state index in [0.717, 1.165) is 11.6 Å². The van der Waals surface area contributed by atoms with E-state index in [2.05, 4.69) is 4.72 Å². The van der Waals surface area contributed by atoms with Crippen molar-refractivity contribution >= 4 is 27.8 Å². The number of aliphatic carboxylic acids is 1. The Bertz CT molecular complexity index is 603. The predicted octanol–water partition coefficient (Wildman–Crippen LogP) is 2.24. The van der Waals surface area contributed by atoms with E-state index in [1.807, 2.05) is 0 Å². The van der Waals surface area contributed by atoms with E-state index in [-0.39, 0.29) is 0 Å². The minimum atomic E-state index is -3.41. The number of nitrogens with one attached hydrogen (secondary N) is 1. The topological polar surface area (TPSA) is 83.5 Å². The van der Waals surface area contributed by atoms with Crippen LogP contribution in [0.1, 0.15) is 25.0 Å². The van der Waals surface area contributed by atoms with Gasteiger partial charge in [0.15, 0.2) is 0 Å². The van der Waals surface area contributed by atoms with Gasteiger partial charge in [-0.15, -0.1) is 0 Å². The van der Waals surface area contributed by atoms with Crippen LogP contribution in [0, 0.1) is 6.92 Å². The Morgan fingerprint density at radius 2 is 2.00 bits per heavy atom. The number of hydrogen-bond donors (Lipinski definition) is 2. The van der Waals surface area contributed by atoms with Crippen LogP contribution in [0.2, 0.25) is 0 Å². The molecule has 0 saturated carbocycles. The maximum Gasteiger partial charge on any atom is 0.328 e. The van der Waals surface area contributed by atoms with Crippen LogP contribution in [0.25, 0.3) is 6.08 Å². The van der Waals surface area contributed by atoms with Gasteiger partial charge in [-0.1, -0.05) is 12.1 Å². The molecule has 1 aromatic carbocycles. The van der Waals surface area contributed by atoms with Crippen molar-refractivity contribution in [1.82, 2.24) is 0 Å². The van der Waals surface area contributed by atoms with Crippen molar-refractivity contribution < 1.29 is 18.3 Å². The van der Waals surface area contributed by atoms with Crippen LogP contribution in [0.3, 0.4) is 0 Å². The summed E-state index contributed by atoms with van der Waals surface area (Å²) in [7, 11) is -3.41. The molecular formula is C13H17NO4S. The fourth-order valence-corrected chi connectivity index (χ4v) is 2.05. The number of sulfonamides is 1. The Morgan fingerprint density at radius 3 is 2.53 bits per heavy atom. The van der Waals surface area contributed by atoms with Gasteiger partial charge >= 0.3 is 5.97 Å². The monoisotopic (exact) mass is 283 g/mol. The average molecular weight is 283 g/mol. The summed E-state index contributed by atoms with van der Waals surface area (Å²) >= 11 is 0. The van der Waals surface area contributed by atoms with Gasteiger partial charge in [-0.05, 0) is 44.0 Å². The Kier molecular flexibility index (Phi) is 4.72. The Hall–Kier alpha value is -1.82. The van der Waals surface area contributed by atoms with Crippen LogP contribution in [0.15, 0.2) is 24.3 Å². The fraction of sp³-hybridized carbons (Fsp3) is 0.308. The molecule has 0 aliphatic heterocycles. The van der Waals surface area contributed by atoms with Gasteiger partial charge in [-0.2, -0.15) is 0 Å². The zero-order valence-corrected chi connectivity index (χ0v) is 11.9. The van der Waals surface area contributed by atoms with Crippen LogP contribution < -0.4 is 4.72 Å². The van der Waals surface area contributed by atoms with Crippen LogP contribution >= 0.6 is 0 Å². The second-order valence-corrected chi connectivity index (χ2v) is 6.68. The number of aryl methyl sites for hydroxylation is 1. The zero-order valence-electron chi connectivity index (χ0n) is 11.0. The highest BCUT2D eigenvalue weighted by atomic mass is 32.2. The third-order valence-corrected chi connectivity index (χ3v) is 4.30. The summed E-state index contributed by atoms with van der Waals surface area (Å²) in [6.45, 7) is 4.96. The second kappa shape index (κ2) is 5.88. The van der Waals surface area contributed by atoms with Gasteiger partial charge in [0.25, 0.3) is 0 Å². The summed E-state index contributed by atoms with van der Waals surface area (Å²) in [5.41, 5.74) is 1.85. The fourth-order valence-electron chi connectivity index (χ4n) is 1.29. The third-order valence-electron chi connectivity index (χ3n) is 2.55. The van der Waals surface area contributed by atoms with Crippen molar-refractivity contribution in [2.75, 3.05) is 4.72 Å².